The summed E-state index contributed by atoms with van der Waals surface area (Å²) in [4.78, 5) is 0. The van der Waals surface area contributed by atoms with Crippen molar-refractivity contribution in [3.05, 3.63) is 169 Å². The van der Waals surface area contributed by atoms with Crippen LogP contribution in [-0.2, 0) is 4.52 Å². The van der Waals surface area contributed by atoms with Gasteiger partial charge < -0.3 is 4.52 Å². The molecule has 7 rings (SSSR count). The van der Waals surface area contributed by atoms with Crippen molar-refractivity contribution in [3.63, 3.8) is 0 Å². The molecule has 0 saturated heterocycles. The Balaban J connectivity index is 1.48. The fourth-order valence-electron chi connectivity index (χ4n) is 5.64. The van der Waals surface area contributed by atoms with Gasteiger partial charge in [-0.3, -0.25) is 0 Å². The lowest BCUT2D eigenvalue weighted by molar-refractivity contribution is 0.290. The molecule has 0 N–H and O–H groups in total. The Kier molecular flexibility index (Phi) is 6.39. The van der Waals surface area contributed by atoms with Gasteiger partial charge in [-0.05, 0) is 38.9 Å². The van der Waals surface area contributed by atoms with E-state index in [2.05, 4.69) is 158 Å². The van der Waals surface area contributed by atoms with E-state index in [0.717, 1.165) is 0 Å². The van der Waals surface area contributed by atoms with E-state index < -0.39 is 8.15 Å². The number of benzene rings is 6. The zero-order valence-electron chi connectivity index (χ0n) is 21.4. The van der Waals surface area contributed by atoms with Gasteiger partial charge in [-0.2, -0.15) is 0 Å². The highest BCUT2D eigenvalue weighted by atomic mass is 31.1. The molecular formula is C37H27OP. The van der Waals surface area contributed by atoms with Crippen molar-refractivity contribution in [1.29, 1.82) is 0 Å². The molecule has 0 radical (unpaired) electrons. The molecule has 1 unspecified atom stereocenters. The predicted octanol–water partition coefficient (Wildman–Crippen LogP) is 9.15. The van der Waals surface area contributed by atoms with Crippen LogP contribution in [0, 0.1) is 0 Å². The lowest BCUT2D eigenvalue weighted by Crippen LogP contribution is -2.16. The van der Waals surface area contributed by atoms with Gasteiger partial charge in [0.25, 0.3) is 0 Å². The monoisotopic (exact) mass is 518 g/mol. The largest absolute Gasteiger partial charge is 0.337 e. The molecular weight excluding hydrogens is 491 g/mol. The molecule has 0 aliphatic heterocycles. The molecule has 1 aliphatic carbocycles. The second kappa shape index (κ2) is 10.5. The van der Waals surface area contributed by atoms with Gasteiger partial charge in [-0.15, -0.1) is 0 Å². The lowest BCUT2D eigenvalue weighted by atomic mass is 9.87. The van der Waals surface area contributed by atoms with Crippen molar-refractivity contribution in [2.75, 3.05) is 0 Å². The molecule has 0 heterocycles. The van der Waals surface area contributed by atoms with Crippen LogP contribution in [0.2, 0.25) is 0 Å². The Bertz CT molecular complexity index is 1670. The minimum absolute atomic E-state index is 0.193. The summed E-state index contributed by atoms with van der Waals surface area (Å²) in [6.07, 6.45) is -0.193. The van der Waals surface area contributed by atoms with Crippen LogP contribution in [0.15, 0.2) is 158 Å². The van der Waals surface area contributed by atoms with Crippen molar-refractivity contribution in [2.45, 2.75) is 6.10 Å². The van der Waals surface area contributed by atoms with E-state index in [0.29, 0.717) is 0 Å². The lowest BCUT2D eigenvalue weighted by Gasteiger charge is -2.26. The number of fused-ring (bicyclic) bond motifs is 3. The zero-order chi connectivity index (χ0) is 26.0. The molecule has 0 amide bonds. The van der Waals surface area contributed by atoms with Crippen molar-refractivity contribution in [3.8, 4) is 33.4 Å². The van der Waals surface area contributed by atoms with Gasteiger partial charge in [0.2, 0.25) is 0 Å². The molecule has 1 atom stereocenters. The van der Waals surface area contributed by atoms with Crippen molar-refractivity contribution < 1.29 is 4.52 Å². The summed E-state index contributed by atoms with van der Waals surface area (Å²) in [5.74, 6) is 0. The van der Waals surface area contributed by atoms with Gasteiger partial charge in [0, 0.05) is 16.2 Å². The quantitative estimate of drug-likeness (QED) is 0.200. The van der Waals surface area contributed by atoms with E-state index in [4.69, 9.17) is 4.52 Å². The average molecular weight is 519 g/mol. The first kappa shape index (κ1) is 23.8. The highest BCUT2D eigenvalue weighted by Crippen LogP contribution is 2.56. The maximum atomic E-state index is 7.35. The van der Waals surface area contributed by atoms with Crippen LogP contribution in [0.4, 0.5) is 0 Å². The van der Waals surface area contributed by atoms with Crippen LogP contribution < -0.4 is 10.6 Å². The maximum Gasteiger partial charge on any atom is 0.115 e. The van der Waals surface area contributed by atoms with E-state index in [1.165, 1.54) is 55.1 Å². The first-order valence-electron chi connectivity index (χ1n) is 13.3. The third-order valence-electron chi connectivity index (χ3n) is 7.38. The summed E-state index contributed by atoms with van der Waals surface area (Å²) in [5, 5.41) is 2.43. The molecule has 1 nitrogen and oxygen atoms in total. The van der Waals surface area contributed by atoms with Crippen LogP contribution in [0.1, 0.15) is 17.2 Å². The molecule has 0 fully saturated rings. The normalized spacial score (nSPS) is 13.7. The van der Waals surface area contributed by atoms with E-state index in [1.807, 2.05) is 0 Å². The van der Waals surface area contributed by atoms with E-state index in [9.17, 15) is 0 Å². The fourth-order valence-corrected chi connectivity index (χ4v) is 7.50. The Labute approximate surface area is 231 Å². The van der Waals surface area contributed by atoms with Gasteiger partial charge in [-0.25, -0.2) is 0 Å². The molecule has 6 aromatic carbocycles. The molecule has 6 aromatic rings. The molecule has 186 valence electrons. The highest BCUT2D eigenvalue weighted by molar-refractivity contribution is 7.68. The Morgan fingerprint density at radius 2 is 0.897 bits per heavy atom. The molecule has 0 spiro atoms. The van der Waals surface area contributed by atoms with Gasteiger partial charge in [0.15, 0.2) is 0 Å². The molecule has 0 bridgehead atoms. The highest BCUT2D eigenvalue weighted by Gasteiger charge is 2.35. The molecule has 0 saturated carbocycles. The van der Waals surface area contributed by atoms with Gasteiger partial charge in [-0.1, -0.05) is 158 Å². The summed E-state index contributed by atoms with van der Waals surface area (Å²) in [7, 11) is -1.06. The van der Waals surface area contributed by atoms with E-state index >= 15 is 0 Å². The second-order valence-electron chi connectivity index (χ2n) is 9.72. The Morgan fingerprint density at radius 1 is 0.410 bits per heavy atom. The molecule has 39 heavy (non-hydrogen) atoms. The Hall–Kier alpha value is -4.29. The van der Waals surface area contributed by atoms with Crippen LogP contribution in [-0.4, -0.2) is 0 Å². The Morgan fingerprint density at radius 3 is 1.51 bits per heavy atom. The van der Waals surface area contributed by atoms with E-state index in [1.54, 1.807) is 0 Å². The SMILES string of the molecule is c1ccc(-c2ccc3c(c2-c2ccccc2)C(OP(c2ccccc2)c2ccccc2)c2ccccc2-3)cc1. The van der Waals surface area contributed by atoms with Gasteiger partial charge in [0.1, 0.15) is 6.10 Å². The third-order valence-corrected chi connectivity index (χ3v) is 9.34. The topological polar surface area (TPSA) is 9.23 Å². The minimum Gasteiger partial charge on any atom is -0.337 e. The standard InChI is InChI=1S/C37H27OP/c1-5-15-27(16-6-1)31-25-26-33-32-23-13-14-24-34(32)37(36(33)35(31)28-17-7-2-8-18-28)38-39(29-19-9-3-10-20-29)30-21-11-4-12-22-30/h1-26,37H. The minimum atomic E-state index is -1.06. The number of hydrogen-bond donors (Lipinski definition) is 0. The summed E-state index contributed by atoms with van der Waals surface area (Å²) in [6, 6.07) is 56.2. The van der Waals surface area contributed by atoms with Crippen molar-refractivity contribution >= 4 is 18.8 Å². The zero-order valence-corrected chi connectivity index (χ0v) is 22.3. The third kappa shape index (κ3) is 4.41. The predicted molar refractivity (Wildman–Crippen MR) is 165 cm³/mol. The van der Waals surface area contributed by atoms with Gasteiger partial charge in [0.05, 0.1) is 8.15 Å². The summed E-state index contributed by atoms with van der Waals surface area (Å²) >= 11 is 0. The smallest absolute Gasteiger partial charge is 0.115 e. The van der Waals surface area contributed by atoms with Crippen molar-refractivity contribution in [2.24, 2.45) is 0 Å². The molecule has 0 aromatic heterocycles. The first-order valence-corrected chi connectivity index (χ1v) is 14.6. The summed E-state index contributed by atoms with van der Waals surface area (Å²) in [5.41, 5.74) is 9.89. The average Bonchev–Trinajstić information content (AvgIpc) is 3.34. The summed E-state index contributed by atoms with van der Waals surface area (Å²) in [6.45, 7) is 0. The van der Waals surface area contributed by atoms with Gasteiger partial charge >= 0.3 is 0 Å². The first-order chi connectivity index (χ1) is 19.4. The fraction of sp³-hybridized carbons (Fsp3) is 0.0270. The summed E-state index contributed by atoms with van der Waals surface area (Å²) < 4.78 is 7.35. The van der Waals surface area contributed by atoms with E-state index in [-0.39, 0.29) is 6.10 Å². The van der Waals surface area contributed by atoms with Crippen LogP contribution >= 0.6 is 8.15 Å². The van der Waals surface area contributed by atoms with Crippen LogP contribution in [0.25, 0.3) is 33.4 Å². The molecule has 2 heteroatoms. The maximum absolute atomic E-state index is 7.35. The number of rotatable bonds is 6. The van der Waals surface area contributed by atoms with Crippen molar-refractivity contribution in [1.82, 2.24) is 0 Å². The van der Waals surface area contributed by atoms with Crippen LogP contribution in [0.3, 0.4) is 0 Å². The number of hydrogen-bond acceptors (Lipinski definition) is 1. The second-order valence-corrected chi connectivity index (χ2v) is 11.6. The molecule has 1 aliphatic rings. The van der Waals surface area contributed by atoms with Crippen LogP contribution in [0.5, 0.6) is 0 Å².